The first-order valence-corrected chi connectivity index (χ1v) is 7.40. The summed E-state index contributed by atoms with van der Waals surface area (Å²) >= 11 is 1.63. The third-order valence-electron chi connectivity index (χ3n) is 3.20. The first-order chi connectivity index (χ1) is 7.60. The summed E-state index contributed by atoms with van der Waals surface area (Å²) < 4.78 is 0. The maximum atomic E-state index is 12.2. The van der Waals surface area contributed by atoms with Gasteiger partial charge < -0.3 is 10.0 Å². The summed E-state index contributed by atoms with van der Waals surface area (Å²) in [6, 6.07) is 0.258. The quantitative estimate of drug-likeness (QED) is 0.804. The van der Waals surface area contributed by atoms with Crippen LogP contribution in [0, 0.1) is 0 Å². The summed E-state index contributed by atoms with van der Waals surface area (Å²) in [6.07, 6.45) is 5.41. The Kier molecular flexibility index (Phi) is 5.62. The topological polar surface area (TPSA) is 40.5 Å². The molecule has 0 radical (unpaired) electrons. The highest BCUT2D eigenvalue weighted by Crippen LogP contribution is 2.25. The molecule has 1 amide bonds. The zero-order chi connectivity index (χ0) is 12.1. The molecule has 0 aromatic rings. The summed E-state index contributed by atoms with van der Waals surface area (Å²) in [5.41, 5.74) is 0. The minimum absolute atomic E-state index is 0.0922. The van der Waals surface area contributed by atoms with Crippen molar-refractivity contribution >= 4 is 17.7 Å². The molecule has 0 spiro atoms. The zero-order valence-electron chi connectivity index (χ0n) is 10.5. The van der Waals surface area contributed by atoms with E-state index in [9.17, 15) is 9.90 Å². The van der Waals surface area contributed by atoms with Crippen molar-refractivity contribution < 1.29 is 9.90 Å². The number of hydrogen-bond donors (Lipinski definition) is 1. The van der Waals surface area contributed by atoms with Gasteiger partial charge in [0.2, 0.25) is 5.91 Å². The number of carbonyl (C=O) groups excluding carboxylic acids is 1. The lowest BCUT2D eigenvalue weighted by molar-refractivity contribution is -0.131. The van der Waals surface area contributed by atoms with Gasteiger partial charge >= 0.3 is 0 Å². The van der Waals surface area contributed by atoms with Crippen LogP contribution in [0.25, 0.3) is 0 Å². The molecule has 3 atom stereocenters. The lowest BCUT2D eigenvalue weighted by Gasteiger charge is -2.28. The van der Waals surface area contributed by atoms with Crippen LogP contribution in [0.3, 0.4) is 0 Å². The molecule has 94 valence electrons. The van der Waals surface area contributed by atoms with Gasteiger partial charge in [-0.15, -0.1) is 0 Å². The average Bonchev–Trinajstić information content (AvgIpc) is 2.66. The summed E-state index contributed by atoms with van der Waals surface area (Å²) in [4.78, 5) is 14.2. The number of carbonyl (C=O) groups is 1. The van der Waals surface area contributed by atoms with E-state index in [2.05, 4.69) is 6.92 Å². The number of thioether (sulfide) groups is 1. The predicted octanol–water partition coefficient (Wildman–Crippen LogP) is 1.89. The highest BCUT2D eigenvalue weighted by Gasteiger charge is 2.32. The van der Waals surface area contributed by atoms with Gasteiger partial charge in [-0.1, -0.05) is 6.92 Å². The van der Waals surface area contributed by atoms with Crippen molar-refractivity contribution in [1.29, 1.82) is 0 Å². The summed E-state index contributed by atoms with van der Waals surface area (Å²) in [5, 5.41) is 9.51. The highest BCUT2D eigenvalue weighted by atomic mass is 32.2. The zero-order valence-corrected chi connectivity index (χ0v) is 11.3. The predicted molar refractivity (Wildman–Crippen MR) is 68.6 cm³/mol. The van der Waals surface area contributed by atoms with E-state index in [0.29, 0.717) is 0 Å². The van der Waals surface area contributed by atoms with Gasteiger partial charge in [0, 0.05) is 12.6 Å². The van der Waals surface area contributed by atoms with Crippen LogP contribution in [0.5, 0.6) is 0 Å². The normalized spacial score (nSPS) is 24.5. The van der Waals surface area contributed by atoms with E-state index in [0.717, 1.165) is 32.2 Å². The van der Waals surface area contributed by atoms with Gasteiger partial charge in [-0.05, 0) is 38.9 Å². The van der Waals surface area contributed by atoms with Gasteiger partial charge in [-0.25, -0.2) is 0 Å². The number of aliphatic hydroxyl groups is 1. The van der Waals surface area contributed by atoms with Crippen LogP contribution in [-0.2, 0) is 4.79 Å². The Balaban J connectivity index is 2.59. The van der Waals surface area contributed by atoms with E-state index in [-0.39, 0.29) is 23.3 Å². The van der Waals surface area contributed by atoms with Gasteiger partial charge in [-0.3, -0.25) is 4.79 Å². The van der Waals surface area contributed by atoms with Gasteiger partial charge in [0.25, 0.3) is 0 Å². The Morgan fingerprint density at radius 2 is 2.31 bits per heavy atom. The maximum Gasteiger partial charge on any atom is 0.235 e. The number of aliphatic hydroxyl groups excluding tert-OH is 1. The second-order valence-electron chi connectivity index (χ2n) is 4.55. The molecule has 0 aromatic heterocycles. The molecule has 1 rings (SSSR count). The Hall–Kier alpha value is -0.220. The fourth-order valence-corrected chi connectivity index (χ4v) is 3.06. The molecule has 0 saturated carbocycles. The second kappa shape index (κ2) is 6.50. The number of likely N-dealkylation sites (tertiary alicyclic amines) is 1. The Morgan fingerprint density at radius 3 is 2.81 bits per heavy atom. The molecule has 0 aromatic carbocycles. The SMILES string of the molecule is CCC(SC)C(=O)N1CCCC1CC(C)O. The van der Waals surface area contributed by atoms with E-state index < -0.39 is 0 Å². The fraction of sp³-hybridized carbons (Fsp3) is 0.917. The van der Waals surface area contributed by atoms with E-state index in [4.69, 9.17) is 0 Å². The van der Waals surface area contributed by atoms with E-state index in [1.54, 1.807) is 18.7 Å². The lowest BCUT2D eigenvalue weighted by Crippen LogP contribution is -2.41. The smallest absolute Gasteiger partial charge is 0.235 e. The average molecular weight is 245 g/mol. The van der Waals surface area contributed by atoms with Crippen LogP contribution in [0.4, 0.5) is 0 Å². The van der Waals surface area contributed by atoms with E-state index in [1.807, 2.05) is 11.2 Å². The maximum absolute atomic E-state index is 12.2. The van der Waals surface area contributed by atoms with Crippen LogP contribution in [-0.4, -0.2) is 46.1 Å². The molecule has 0 bridgehead atoms. The van der Waals surface area contributed by atoms with E-state index >= 15 is 0 Å². The molecule has 1 aliphatic heterocycles. The van der Waals surface area contributed by atoms with Crippen LogP contribution in [0.2, 0.25) is 0 Å². The van der Waals surface area contributed by atoms with Gasteiger partial charge in [0.05, 0.1) is 11.4 Å². The minimum atomic E-state index is -0.312. The third-order valence-corrected chi connectivity index (χ3v) is 4.31. The molecular weight excluding hydrogens is 222 g/mol. The van der Waals surface area contributed by atoms with Crippen molar-refractivity contribution in [2.75, 3.05) is 12.8 Å². The number of amides is 1. The molecule has 16 heavy (non-hydrogen) atoms. The third kappa shape index (κ3) is 3.39. The minimum Gasteiger partial charge on any atom is -0.393 e. The van der Waals surface area contributed by atoms with Crippen molar-refractivity contribution in [2.24, 2.45) is 0 Å². The monoisotopic (exact) mass is 245 g/mol. The summed E-state index contributed by atoms with van der Waals surface area (Å²) in [5.74, 6) is 0.262. The number of nitrogens with zero attached hydrogens (tertiary/aromatic N) is 1. The van der Waals surface area contributed by atoms with Gasteiger partial charge in [-0.2, -0.15) is 11.8 Å². The van der Waals surface area contributed by atoms with Crippen molar-refractivity contribution in [3.63, 3.8) is 0 Å². The number of rotatable bonds is 5. The Bertz CT molecular complexity index is 229. The first kappa shape index (κ1) is 13.8. The molecule has 3 unspecified atom stereocenters. The Labute approximate surface area is 103 Å². The molecule has 1 N–H and O–H groups in total. The standard InChI is InChI=1S/C12H23NO2S/c1-4-11(16-3)12(15)13-7-5-6-10(13)8-9(2)14/h9-11,14H,4-8H2,1-3H3. The van der Waals surface area contributed by atoms with Gasteiger partial charge in [0.1, 0.15) is 0 Å². The molecule has 1 aliphatic rings. The van der Waals surface area contributed by atoms with Crippen molar-refractivity contribution in [3.05, 3.63) is 0 Å². The van der Waals surface area contributed by atoms with Gasteiger partial charge in [0.15, 0.2) is 0 Å². The second-order valence-corrected chi connectivity index (χ2v) is 5.59. The first-order valence-electron chi connectivity index (χ1n) is 6.11. The van der Waals surface area contributed by atoms with E-state index in [1.165, 1.54) is 0 Å². The fourth-order valence-electron chi connectivity index (χ4n) is 2.39. The van der Waals surface area contributed by atoms with Crippen LogP contribution in [0.15, 0.2) is 0 Å². The Morgan fingerprint density at radius 1 is 1.62 bits per heavy atom. The molecular formula is C12H23NO2S. The molecule has 0 aliphatic carbocycles. The highest BCUT2D eigenvalue weighted by molar-refractivity contribution is 7.99. The summed E-state index contributed by atoms with van der Waals surface area (Å²) in [6.45, 7) is 4.72. The molecule has 4 heteroatoms. The van der Waals surface area contributed by atoms with Crippen LogP contribution in [0.1, 0.15) is 39.5 Å². The molecule has 1 saturated heterocycles. The molecule has 3 nitrogen and oxygen atoms in total. The number of hydrogen-bond acceptors (Lipinski definition) is 3. The molecule has 1 fully saturated rings. The molecule has 1 heterocycles. The summed E-state index contributed by atoms with van der Waals surface area (Å²) in [7, 11) is 0. The largest absolute Gasteiger partial charge is 0.393 e. The van der Waals surface area contributed by atoms with Crippen molar-refractivity contribution in [1.82, 2.24) is 4.90 Å². The van der Waals surface area contributed by atoms with Crippen molar-refractivity contribution in [2.45, 2.75) is 56.9 Å². The van der Waals surface area contributed by atoms with Crippen LogP contribution >= 0.6 is 11.8 Å². The van der Waals surface area contributed by atoms with Crippen LogP contribution < -0.4 is 0 Å². The lowest BCUT2D eigenvalue weighted by atomic mass is 10.1. The van der Waals surface area contributed by atoms with Crippen molar-refractivity contribution in [3.8, 4) is 0 Å².